The van der Waals surface area contributed by atoms with Gasteiger partial charge >= 0.3 is 6.09 Å². The minimum Gasteiger partial charge on any atom is -0.445 e. The van der Waals surface area contributed by atoms with Gasteiger partial charge in [-0.15, -0.1) is 0 Å². The van der Waals surface area contributed by atoms with E-state index in [-0.39, 0.29) is 30.2 Å². The van der Waals surface area contributed by atoms with Crippen molar-refractivity contribution in [3.63, 3.8) is 0 Å². The van der Waals surface area contributed by atoms with Crippen molar-refractivity contribution in [3.05, 3.63) is 69.8 Å². The Morgan fingerprint density at radius 1 is 1.10 bits per heavy atom. The number of benzene rings is 2. The third kappa shape index (κ3) is 4.84. The Kier molecular flexibility index (Phi) is 6.16. The summed E-state index contributed by atoms with van der Waals surface area (Å²) in [5, 5.41) is 14.0. The number of nitrogens with one attached hydrogen (secondary N) is 1. The number of nitrogens with zero attached hydrogens (tertiary/aromatic N) is 2. The van der Waals surface area contributed by atoms with Crippen LogP contribution in [0.1, 0.15) is 36.8 Å². The number of rotatable bonds is 5. The van der Waals surface area contributed by atoms with Gasteiger partial charge < -0.3 is 15.0 Å². The monoisotopic (exact) mass is 423 g/mol. The van der Waals surface area contributed by atoms with Crippen molar-refractivity contribution in [2.75, 3.05) is 11.4 Å². The Morgan fingerprint density at radius 2 is 1.84 bits per heavy atom. The Balaban J connectivity index is 1.28. The predicted octanol–water partition coefficient (Wildman–Crippen LogP) is 3.97. The number of hydrogen-bond acceptors (Lipinski definition) is 5. The molecule has 0 bridgehead atoms. The molecule has 0 radical (unpaired) electrons. The molecule has 2 aromatic carbocycles. The van der Waals surface area contributed by atoms with Gasteiger partial charge in [0.05, 0.1) is 10.6 Å². The summed E-state index contributed by atoms with van der Waals surface area (Å²) in [4.78, 5) is 37.5. The van der Waals surface area contributed by atoms with E-state index in [2.05, 4.69) is 5.32 Å². The van der Waals surface area contributed by atoms with Gasteiger partial charge in [0.15, 0.2) is 0 Å². The smallest absolute Gasteiger partial charge is 0.407 e. The number of ether oxygens (including phenoxy) is 1. The van der Waals surface area contributed by atoms with Crippen molar-refractivity contribution in [2.24, 2.45) is 5.92 Å². The fourth-order valence-electron chi connectivity index (χ4n) is 4.35. The lowest BCUT2D eigenvalue weighted by atomic mass is 9.85. The first-order valence-electron chi connectivity index (χ1n) is 10.6. The van der Waals surface area contributed by atoms with E-state index in [4.69, 9.17) is 4.74 Å². The van der Waals surface area contributed by atoms with Gasteiger partial charge in [-0.2, -0.15) is 0 Å². The van der Waals surface area contributed by atoms with E-state index >= 15 is 0 Å². The highest BCUT2D eigenvalue weighted by atomic mass is 16.6. The SMILES string of the molecule is O=C(N[C@H]1CC[C@H](C(=O)N2CCc3ccc([N+](=O)[O-])cc32)CC1)OCc1ccccc1. The molecule has 31 heavy (non-hydrogen) atoms. The first kappa shape index (κ1) is 20.8. The molecule has 2 aromatic rings. The van der Waals surface area contributed by atoms with E-state index in [0.29, 0.717) is 44.3 Å². The van der Waals surface area contributed by atoms with Crippen molar-refractivity contribution >= 4 is 23.4 Å². The lowest BCUT2D eigenvalue weighted by Crippen LogP contribution is -2.42. The van der Waals surface area contributed by atoms with Crippen molar-refractivity contribution < 1.29 is 19.2 Å². The molecule has 0 unspecified atom stereocenters. The van der Waals surface area contributed by atoms with E-state index in [1.165, 1.54) is 12.1 Å². The van der Waals surface area contributed by atoms with E-state index in [0.717, 1.165) is 11.1 Å². The van der Waals surface area contributed by atoms with Crippen LogP contribution in [0.3, 0.4) is 0 Å². The number of nitro benzene ring substituents is 1. The maximum atomic E-state index is 13.1. The molecular formula is C23H25N3O5. The number of hydrogen-bond donors (Lipinski definition) is 1. The molecule has 8 heteroatoms. The summed E-state index contributed by atoms with van der Waals surface area (Å²) < 4.78 is 5.28. The quantitative estimate of drug-likeness (QED) is 0.579. The van der Waals surface area contributed by atoms with Crippen molar-refractivity contribution in [1.29, 1.82) is 0 Å². The molecule has 0 spiro atoms. The molecule has 0 atom stereocenters. The van der Waals surface area contributed by atoms with Crippen LogP contribution in [0.5, 0.6) is 0 Å². The number of carbonyl (C=O) groups excluding carboxylic acids is 2. The molecule has 8 nitrogen and oxygen atoms in total. The van der Waals surface area contributed by atoms with Crippen LogP contribution in [-0.2, 0) is 22.6 Å². The van der Waals surface area contributed by atoms with Gasteiger partial charge in [-0.1, -0.05) is 36.4 Å². The molecule has 1 aliphatic heterocycles. The summed E-state index contributed by atoms with van der Waals surface area (Å²) in [6, 6.07) is 14.2. The second-order valence-corrected chi connectivity index (χ2v) is 8.06. The van der Waals surface area contributed by atoms with Crippen LogP contribution in [0.4, 0.5) is 16.2 Å². The highest BCUT2D eigenvalue weighted by Crippen LogP contribution is 2.35. The Bertz CT molecular complexity index is 970. The molecule has 0 saturated heterocycles. The summed E-state index contributed by atoms with van der Waals surface area (Å²) in [6.07, 6.45) is 3.01. The van der Waals surface area contributed by atoms with E-state index in [1.807, 2.05) is 30.3 Å². The highest BCUT2D eigenvalue weighted by molar-refractivity contribution is 5.97. The standard InChI is InChI=1S/C23H25N3O5/c27-22(25-13-12-17-8-11-20(26(29)30)14-21(17)25)18-6-9-19(10-7-18)24-23(28)31-15-16-4-2-1-3-5-16/h1-5,8,11,14,18-19H,6-7,9-10,12-13,15H2,(H,24,28)/t18-,19-. The normalized spacial score (nSPS) is 20.1. The molecule has 4 rings (SSSR count). The predicted molar refractivity (Wildman–Crippen MR) is 115 cm³/mol. The number of amides is 2. The maximum absolute atomic E-state index is 13.1. The summed E-state index contributed by atoms with van der Waals surface area (Å²) in [7, 11) is 0. The van der Waals surface area contributed by atoms with Crippen molar-refractivity contribution in [3.8, 4) is 0 Å². The molecule has 1 aliphatic carbocycles. The van der Waals surface area contributed by atoms with Crippen molar-refractivity contribution in [1.82, 2.24) is 5.32 Å². The van der Waals surface area contributed by atoms with E-state index in [1.54, 1.807) is 11.0 Å². The van der Waals surface area contributed by atoms with Crippen LogP contribution in [0.25, 0.3) is 0 Å². The molecule has 1 N–H and O–H groups in total. The third-order valence-corrected chi connectivity index (χ3v) is 6.05. The Morgan fingerprint density at radius 3 is 2.55 bits per heavy atom. The first-order valence-corrected chi connectivity index (χ1v) is 10.6. The van der Waals surface area contributed by atoms with Crippen LogP contribution in [-0.4, -0.2) is 29.5 Å². The van der Waals surface area contributed by atoms with Gasteiger partial charge in [0, 0.05) is 30.6 Å². The fourth-order valence-corrected chi connectivity index (χ4v) is 4.35. The third-order valence-electron chi connectivity index (χ3n) is 6.05. The molecule has 1 saturated carbocycles. The fraction of sp³-hybridized carbons (Fsp3) is 0.391. The average molecular weight is 423 g/mol. The van der Waals surface area contributed by atoms with Gasteiger partial charge in [-0.25, -0.2) is 4.79 Å². The van der Waals surface area contributed by atoms with Gasteiger partial charge in [-0.05, 0) is 43.2 Å². The Hall–Kier alpha value is -3.42. The van der Waals surface area contributed by atoms with E-state index < -0.39 is 11.0 Å². The molecule has 1 heterocycles. The molecule has 2 amide bonds. The van der Waals surface area contributed by atoms with Crippen LogP contribution < -0.4 is 10.2 Å². The number of non-ortho nitro benzene ring substituents is 1. The van der Waals surface area contributed by atoms with Gasteiger partial charge in [0.2, 0.25) is 5.91 Å². The van der Waals surface area contributed by atoms with Crippen molar-refractivity contribution in [2.45, 2.75) is 44.8 Å². The van der Waals surface area contributed by atoms with Crippen LogP contribution in [0.15, 0.2) is 48.5 Å². The first-order chi connectivity index (χ1) is 15.0. The average Bonchev–Trinajstić information content (AvgIpc) is 3.21. The molecule has 2 aliphatic rings. The number of alkyl carbamates (subject to hydrolysis) is 1. The summed E-state index contributed by atoms with van der Waals surface area (Å²) in [6.45, 7) is 0.778. The summed E-state index contributed by atoms with van der Waals surface area (Å²) in [5.41, 5.74) is 2.55. The largest absolute Gasteiger partial charge is 0.445 e. The van der Waals surface area contributed by atoms with E-state index in [9.17, 15) is 19.7 Å². The zero-order chi connectivity index (χ0) is 21.8. The summed E-state index contributed by atoms with van der Waals surface area (Å²) in [5.74, 6) is -0.118. The van der Waals surface area contributed by atoms with Crippen LogP contribution in [0.2, 0.25) is 0 Å². The highest BCUT2D eigenvalue weighted by Gasteiger charge is 2.34. The number of anilines is 1. The second-order valence-electron chi connectivity index (χ2n) is 8.06. The lowest BCUT2D eigenvalue weighted by molar-refractivity contribution is -0.384. The zero-order valence-corrected chi connectivity index (χ0v) is 17.2. The maximum Gasteiger partial charge on any atom is 0.407 e. The Labute approximate surface area is 180 Å². The van der Waals surface area contributed by atoms with Crippen LogP contribution in [0, 0.1) is 16.0 Å². The molecule has 162 valence electrons. The minimum absolute atomic E-state index is 0.000346. The van der Waals surface area contributed by atoms with Crippen LogP contribution >= 0.6 is 0 Å². The number of carbonyl (C=O) groups is 2. The molecular weight excluding hydrogens is 398 g/mol. The molecule has 1 fully saturated rings. The van der Waals surface area contributed by atoms with Gasteiger partial charge in [-0.3, -0.25) is 14.9 Å². The summed E-state index contributed by atoms with van der Waals surface area (Å²) >= 11 is 0. The minimum atomic E-state index is -0.445. The number of nitro groups is 1. The van der Waals surface area contributed by atoms with Gasteiger partial charge in [0.25, 0.3) is 5.69 Å². The number of fused-ring (bicyclic) bond motifs is 1. The van der Waals surface area contributed by atoms with Gasteiger partial charge in [0.1, 0.15) is 6.61 Å². The topological polar surface area (TPSA) is 102 Å². The zero-order valence-electron chi connectivity index (χ0n) is 17.2. The lowest BCUT2D eigenvalue weighted by Gasteiger charge is -2.30. The second kappa shape index (κ2) is 9.16. The molecule has 0 aromatic heterocycles.